The predicted molar refractivity (Wildman–Crippen MR) is 78.1 cm³/mol. The summed E-state index contributed by atoms with van der Waals surface area (Å²) in [6, 6.07) is 2.24. The largest absolute Gasteiger partial charge is 0.292 e. The summed E-state index contributed by atoms with van der Waals surface area (Å²) < 4.78 is 7.64. The first-order chi connectivity index (χ1) is 9.56. The molecule has 0 aliphatic carbocycles. The zero-order chi connectivity index (χ0) is 14.3. The van der Waals surface area contributed by atoms with Crippen LogP contribution < -0.4 is 5.56 Å². The second-order valence-electron chi connectivity index (χ2n) is 5.01. The molecule has 0 atom stereocenters. The molecule has 3 heterocycles. The van der Waals surface area contributed by atoms with Gasteiger partial charge in [-0.05, 0) is 38.4 Å². The van der Waals surface area contributed by atoms with E-state index in [2.05, 4.69) is 28.3 Å². The Bertz CT molecular complexity index is 814. The topological polar surface area (TPSA) is 65.6 Å². The van der Waals surface area contributed by atoms with Gasteiger partial charge in [-0.2, -0.15) is 9.47 Å². The normalized spacial score (nSPS) is 11.6. The maximum absolute atomic E-state index is 12.4. The van der Waals surface area contributed by atoms with Gasteiger partial charge in [-0.15, -0.1) is 0 Å². The molecule has 0 bridgehead atoms. The van der Waals surface area contributed by atoms with Crippen LogP contribution >= 0.6 is 11.5 Å². The monoisotopic (exact) mass is 289 g/mol. The molecular weight excluding hydrogens is 274 g/mol. The van der Waals surface area contributed by atoms with Crippen LogP contribution in [-0.4, -0.2) is 23.7 Å². The summed E-state index contributed by atoms with van der Waals surface area (Å²) in [5.74, 6) is 0. The molecular formula is C13H15N5OS. The van der Waals surface area contributed by atoms with Crippen LogP contribution in [0.1, 0.15) is 31.3 Å². The van der Waals surface area contributed by atoms with Crippen molar-refractivity contribution in [2.24, 2.45) is 0 Å². The molecule has 0 aliphatic heterocycles. The van der Waals surface area contributed by atoms with Crippen molar-refractivity contribution in [3.8, 4) is 0 Å². The molecule has 0 N–H and O–H groups in total. The maximum Gasteiger partial charge on any atom is 0.264 e. The minimum Gasteiger partial charge on any atom is -0.292 e. The Balaban J connectivity index is 2.00. The SMILES string of the molecule is Cc1nsc2ncn(Cc3ccn(C(C)C)n3)c(=O)c12. The van der Waals surface area contributed by atoms with Crippen LogP contribution in [-0.2, 0) is 6.54 Å². The molecule has 0 amide bonds. The third-order valence-corrected chi connectivity index (χ3v) is 4.01. The van der Waals surface area contributed by atoms with Gasteiger partial charge in [-0.25, -0.2) is 4.98 Å². The van der Waals surface area contributed by atoms with E-state index in [1.54, 1.807) is 10.9 Å². The van der Waals surface area contributed by atoms with Crippen molar-refractivity contribution >= 4 is 21.7 Å². The fraction of sp³-hybridized carbons (Fsp3) is 0.385. The van der Waals surface area contributed by atoms with Gasteiger partial charge in [0.05, 0.1) is 29.6 Å². The Kier molecular flexibility index (Phi) is 3.13. The van der Waals surface area contributed by atoms with Gasteiger partial charge in [0.2, 0.25) is 0 Å². The number of hydrogen-bond donors (Lipinski definition) is 0. The van der Waals surface area contributed by atoms with E-state index in [1.165, 1.54) is 11.5 Å². The van der Waals surface area contributed by atoms with Gasteiger partial charge in [-0.1, -0.05) is 0 Å². The molecule has 20 heavy (non-hydrogen) atoms. The molecule has 7 heteroatoms. The van der Waals surface area contributed by atoms with Crippen molar-refractivity contribution in [2.45, 2.75) is 33.4 Å². The number of hydrogen-bond acceptors (Lipinski definition) is 5. The Labute approximate surface area is 119 Å². The second kappa shape index (κ2) is 4.82. The molecule has 6 nitrogen and oxygen atoms in total. The van der Waals surface area contributed by atoms with Gasteiger partial charge in [-0.3, -0.25) is 14.0 Å². The van der Waals surface area contributed by atoms with Gasteiger partial charge in [0.25, 0.3) is 5.56 Å². The number of nitrogens with zero attached hydrogens (tertiary/aromatic N) is 5. The first-order valence-corrected chi connectivity index (χ1v) is 7.19. The van der Waals surface area contributed by atoms with Crippen LogP contribution in [0.2, 0.25) is 0 Å². The fourth-order valence-corrected chi connectivity index (χ4v) is 2.78. The molecule has 3 rings (SSSR count). The fourth-order valence-electron chi connectivity index (χ4n) is 2.05. The number of rotatable bonds is 3. The molecule has 0 radical (unpaired) electrons. The Morgan fingerprint density at radius 3 is 2.90 bits per heavy atom. The van der Waals surface area contributed by atoms with Gasteiger partial charge in [0.15, 0.2) is 4.83 Å². The zero-order valence-electron chi connectivity index (χ0n) is 11.6. The number of aryl methyl sites for hydroxylation is 1. The molecule has 0 saturated heterocycles. The first kappa shape index (κ1) is 13.0. The van der Waals surface area contributed by atoms with Crippen LogP contribution in [0.4, 0.5) is 0 Å². The lowest BCUT2D eigenvalue weighted by Gasteiger charge is -2.05. The van der Waals surface area contributed by atoms with Gasteiger partial charge < -0.3 is 0 Å². The minimum atomic E-state index is -0.0552. The smallest absolute Gasteiger partial charge is 0.264 e. The molecule has 3 aromatic rings. The van der Waals surface area contributed by atoms with Crippen molar-refractivity contribution in [3.63, 3.8) is 0 Å². The Hall–Kier alpha value is -2.02. The van der Waals surface area contributed by atoms with E-state index in [9.17, 15) is 4.79 Å². The summed E-state index contributed by atoms with van der Waals surface area (Å²) in [5, 5.41) is 5.06. The lowest BCUT2D eigenvalue weighted by Crippen LogP contribution is -2.21. The molecule has 3 aromatic heterocycles. The molecule has 0 saturated carbocycles. The van der Waals surface area contributed by atoms with E-state index in [-0.39, 0.29) is 5.56 Å². The Morgan fingerprint density at radius 2 is 2.20 bits per heavy atom. The zero-order valence-corrected chi connectivity index (χ0v) is 12.4. The van der Waals surface area contributed by atoms with E-state index in [0.29, 0.717) is 22.8 Å². The van der Waals surface area contributed by atoms with E-state index in [0.717, 1.165) is 11.4 Å². The van der Waals surface area contributed by atoms with Crippen LogP contribution in [0.25, 0.3) is 10.2 Å². The molecule has 0 spiro atoms. The lowest BCUT2D eigenvalue weighted by atomic mass is 10.3. The second-order valence-corrected chi connectivity index (χ2v) is 5.76. The Morgan fingerprint density at radius 1 is 1.40 bits per heavy atom. The molecule has 0 fully saturated rings. The maximum atomic E-state index is 12.4. The van der Waals surface area contributed by atoms with Crippen molar-refractivity contribution < 1.29 is 0 Å². The highest BCUT2D eigenvalue weighted by Gasteiger charge is 2.11. The van der Waals surface area contributed by atoms with E-state index in [4.69, 9.17) is 0 Å². The highest BCUT2D eigenvalue weighted by Crippen LogP contribution is 2.15. The third-order valence-electron chi connectivity index (χ3n) is 3.16. The van der Waals surface area contributed by atoms with Crippen LogP contribution in [0.5, 0.6) is 0 Å². The van der Waals surface area contributed by atoms with Gasteiger partial charge in [0.1, 0.15) is 0 Å². The molecule has 0 aromatic carbocycles. The highest BCUT2D eigenvalue weighted by molar-refractivity contribution is 7.12. The number of aromatic nitrogens is 5. The number of fused-ring (bicyclic) bond motifs is 1. The van der Waals surface area contributed by atoms with Gasteiger partial charge >= 0.3 is 0 Å². The third kappa shape index (κ3) is 2.14. The highest BCUT2D eigenvalue weighted by atomic mass is 32.1. The van der Waals surface area contributed by atoms with Crippen molar-refractivity contribution in [1.82, 2.24) is 23.7 Å². The van der Waals surface area contributed by atoms with Crippen LogP contribution in [0.3, 0.4) is 0 Å². The first-order valence-electron chi connectivity index (χ1n) is 6.41. The predicted octanol–water partition coefficient (Wildman–Crippen LogP) is 1.99. The van der Waals surface area contributed by atoms with Crippen molar-refractivity contribution in [1.29, 1.82) is 0 Å². The summed E-state index contributed by atoms with van der Waals surface area (Å²) in [6.07, 6.45) is 3.49. The van der Waals surface area contributed by atoms with Crippen LogP contribution in [0, 0.1) is 6.92 Å². The standard InChI is InChI=1S/C13H15N5OS/c1-8(2)18-5-4-10(15-18)6-17-7-14-12-11(13(17)19)9(3)16-20-12/h4-5,7-8H,6H2,1-3H3. The van der Waals surface area contributed by atoms with Crippen molar-refractivity contribution in [2.75, 3.05) is 0 Å². The quantitative estimate of drug-likeness (QED) is 0.739. The van der Waals surface area contributed by atoms with E-state index in [1.807, 2.05) is 23.9 Å². The van der Waals surface area contributed by atoms with Crippen LogP contribution in [0.15, 0.2) is 23.4 Å². The summed E-state index contributed by atoms with van der Waals surface area (Å²) in [4.78, 5) is 17.4. The van der Waals surface area contributed by atoms with Gasteiger partial charge in [0, 0.05) is 12.2 Å². The summed E-state index contributed by atoms with van der Waals surface area (Å²) in [7, 11) is 0. The molecule has 104 valence electrons. The lowest BCUT2D eigenvalue weighted by molar-refractivity contribution is 0.523. The van der Waals surface area contributed by atoms with E-state index < -0.39 is 0 Å². The average Bonchev–Trinajstić information content (AvgIpc) is 3.00. The summed E-state index contributed by atoms with van der Waals surface area (Å²) >= 11 is 1.26. The average molecular weight is 289 g/mol. The molecule has 0 unspecified atom stereocenters. The molecule has 0 aliphatic rings. The van der Waals surface area contributed by atoms with Crippen molar-refractivity contribution in [3.05, 3.63) is 40.3 Å². The minimum absolute atomic E-state index is 0.0552. The summed E-state index contributed by atoms with van der Waals surface area (Å²) in [5.41, 5.74) is 1.53. The van der Waals surface area contributed by atoms with E-state index >= 15 is 0 Å². The summed E-state index contributed by atoms with van der Waals surface area (Å²) in [6.45, 7) is 6.39.